The Morgan fingerprint density at radius 1 is 1.62 bits per heavy atom. The summed E-state index contributed by atoms with van der Waals surface area (Å²) in [6.45, 7) is 0. The van der Waals surface area contributed by atoms with Crippen molar-refractivity contribution in [1.82, 2.24) is 0 Å². The van der Waals surface area contributed by atoms with Crippen molar-refractivity contribution >= 4 is 33.4 Å². The largest absolute Gasteiger partial charge is 0.369 e. The molecule has 0 bridgehead atoms. The van der Waals surface area contributed by atoms with Gasteiger partial charge in [-0.15, -0.1) is 0 Å². The standard InChI is InChI=1S/C9H9BrClNO/c10-8(9(12)13)5-6-2-1-3-7(11)4-6/h1-4,8H,5H2,(H2,12,13)/t8-/m1/s1. The van der Waals surface area contributed by atoms with Crippen LogP contribution in [0.15, 0.2) is 24.3 Å². The third-order valence-electron chi connectivity index (χ3n) is 1.61. The second-order valence-electron chi connectivity index (χ2n) is 2.70. The number of primary amides is 1. The molecule has 2 nitrogen and oxygen atoms in total. The lowest BCUT2D eigenvalue weighted by Gasteiger charge is -2.05. The highest BCUT2D eigenvalue weighted by molar-refractivity contribution is 9.10. The first kappa shape index (κ1) is 10.5. The van der Waals surface area contributed by atoms with E-state index in [-0.39, 0.29) is 10.7 Å². The summed E-state index contributed by atoms with van der Waals surface area (Å²) in [7, 11) is 0. The van der Waals surface area contributed by atoms with Crippen molar-refractivity contribution in [3.8, 4) is 0 Å². The number of nitrogens with two attached hydrogens (primary N) is 1. The maximum absolute atomic E-state index is 10.7. The van der Waals surface area contributed by atoms with E-state index in [9.17, 15) is 4.79 Å². The highest BCUT2D eigenvalue weighted by atomic mass is 79.9. The van der Waals surface area contributed by atoms with E-state index >= 15 is 0 Å². The van der Waals surface area contributed by atoms with Gasteiger partial charge in [0.25, 0.3) is 0 Å². The lowest BCUT2D eigenvalue weighted by atomic mass is 10.1. The van der Waals surface area contributed by atoms with E-state index in [0.29, 0.717) is 11.4 Å². The van der Waals surface area contributed by atoms with Crippen LogP contribution in [0.1, 0.15) is 5.56 Å². The molecule has 1 amide bonds. The van der Waals surface area contributed by atoms with Gasteiger partial charge in [0.2, 0.25) is 5.91 Å². The van der Waals surface area contributed by atoms with Gasteiger partial charge in [0.15, 0.2) is 0 Å². The van der Waals surface area contributed by atoms with Crippen molar-refractivity contribution < 1.29 is 4.79 Å². The van der Waals surface area contributed by atoms with E-state index in [4.69, 9.17) is 17.3 Å². The molecule has 70 valence electrons. The van der Waals surface area contributed by atoms with Crippen LogP contribution in [-0.4, -0.2) is 10.7 Å². The number of rotatable bonds is 3. The predicted octanol–water partition coefficient (Wildman–Crippen LogP) is 2.13. The number of hydrogen-bond acceptors (Lipinski definition) is 1. The van der Waals surface area contributed by atoms with Gasteiger partial charge < -0.3 is 5.73 Å². The number of carbonyl (C=O) groups excluding carboxylic acids is 1. The molecule has 0 saturated heterocycles. The summed E-state index contributed by atoms with van der Waals surface area (Å²) < 4.78 is 0. The Kier molecular flexibility index (Phi) is 3.75. The molecule has 0 saturated carbocycles. The minimum atomic E-state index is -0.361. The normalized spacial score (nSPS) is 12.5. The Bertz CT molecular complexity index is 316. The monoisotopic (exact) mass is 261 g/mol. The molecule has 1 rings (SSSR count). The Labute approximate surface area is 90.2 Å². The Hall–Kier alpha value is -0.540. The predicted molar refractivity (Wildman–Crippen MR) is 57.1 cm³/mol. The van der Waals surface area contributed by atoms with Crippen molar-refractivity contribution in [2.45, 2.75) is 11.2 Å². The molecule has 0 radical (unpaired) electrons. The van der Waals surface area contributed by atoms with E-state index in [2.05, 4.69) is 15.9 Å². The molecule has 0 aliphatic carbocycles. The van der Waals surface area contributed by atoms with Gasteiger partial charge in [-0.25, -0.2) is 0 Å². The molecular weight excluding hydrogens is 253 g/mol. The van der Waals surface area contributed by atoms with Crippen LogP contribution in [0, 0.1) is 0 Å². The molecule has 1 aromatic rings. The molecule has 0 fully saturated rings. The molecule has 0 aliphatic rings. The first-order valence-electron chi connectivity index (χ1n) is 3.77. The van der Waals surface area contributed by atoms with E-state index in [1.807, 2.05) is 18.2 Å². The number of benzene rings is 1. The van der Waals surface area contributed by atoms with Crippen molar-refractivity contribution in [1.29, 1.82) is 0 Å². The van der Waals surface area contributed by atoms with Crippen LogP contribution < -0.4 is 5.73 Å². The van der Waals surface area contributed by atoms with Crippen LogP contribution in [0.4, 0.5) is 0 Å². The fraction of sp³-hybridized carbons (Fsp3) is 0.222. The first-order valence-corrected chi connectivity index (χ1v) is 5.07. The van der Waals surface area contributed by atoms with Gasteiger partial charge in [-0.05, 0) is 24.1 Å². The summed E-state index contributed by atoms with van der Waals surface area (Å²) in [4.78, 5) is 10.4. The first-order chi connectivity index (χ1) is 6.09. The zero-order chi connectivity index (χ0) is 9.84. The van der Waals surface area contributed by atoms with Gasteiger partial charge in [0.1, 0.15) is 0 Å². The fourth-order valence-corrected chi connectivity index (χ4v) is 1.56. The van der Waals surface area contributed by atoms with E-state index in [0.717, 1.165) is 5.56 Å². The third kappa shape index (κ3) is 3.36. The van der Waals surface area contributed by atoms with Crippen LogP contribution in [0.3, 0.4) is 0 Å². The second-order valence-corrected chi connectivity index (χ2v) is 4.25. The molecule has 1 atom stereocenters. The zero-order valence-corrected chi connectivity index (χ0v) is 9.18. The molecule has 0 unspecified atom stereocenters. The molecule has 13 heavy (non-hydrogen) atoms. The number of alkyl halides is 1. The van der Waals surface area contributed by atoms with Crippen LogP contribution in [0.25, 0.3) is 0 Å². The van der Waals surface area contributed by atoms with Crippen LogP contribution in [-0.2, 0) is 11.2 Å². The smallest absolute Gasteiger partial charge is 0.231 e. The Morgan fingerprint density at radius 3 is 2.85 bits per heavy atom. The van der Waals surface area contributed by atoms with Crippen molar-refractivity contribution in [2.75, 3.05) is 0 Å². The van der Waals surface area contributed by atoms with Gasteiger partial charge in [-0.2, -0.15) is 0 Å². The van der Waals surface area contributed by atoms with Gasteiger partial charge in [0.05, 0.1) is 4.83 Å². The molecular formula is C9H9BrClNO. The second kappa shape index (κ2) is 4.63. The number of hydrogen-bond donors (Lipinski definition) is 1. The Morgan fingerprint density at radius 2 is 2.31 bits per heavy atom. The van der Waals surface area contributed by atoms with E-state index in [1.54, 1.807) is 6.07 Å². The van der Waals surface area contributed by atoms with Crippen LogP contribution in [0.5, 0.6) is 0 Å². The lowest BCUT2D eigenvalue weighted by molar-refractivity contribution is -0.117. The summed E-state index contributed by atoms with van der Waals surface area (Å²) in [5, 5.41) is 0.668. The summed E-state index contributed by atoms with van der Waals surface area (Å²) in [5.41, 5.74) is 6.10. The highest BCUT2D eigenvalue weighted by Crippen LogP contribution is 2.14. The Balaban J connectivity index is 2.69. The van der Waals surface area contributed by atoms with Crippen molar-refractivity contribution in [3.05, 3.63) is 34.9 Å². The molecule has 0 aliphatic heterocycles. The topological polar surface area (TPSA) is 43.1 Å². The number of amides is 1. The lowest BCUT2D eigenvalue weighted by Crippen LogP contribution is -2.24. The molecule has 0 heterocycles. The highest BCUT2D eigenvalue weighted by Gasteiger charge is 2.11. The summed E-state index contributed by atoms with van der Waals surface area (Å²) >= 11 is 8.96. The summed E-state index contributed by atoms with van der Waals surface area (Å²) in [5.74, 6) is -0.361. The average molecular weight is 263 g/mol. The molecule has 0 aromatic heterocycles. The quantitative estimate of drug-likeness (QED) is 0.833. The van der Waals surface area contributed by atoms with E-state index < -0.39 is 0 Å². The zero-order valence-electron chi connectivity index (χ0n) is 6.84. The maximum atomic E-state index is 10.7. The van der Waals surface area contributed by atoms with Gasteiger partial charge in [-0.3, -0.25) is 4.79 Å². The van der Waals surface area contributed by atoms with Crippen molar-refractivity contribution in [2.24, 2.45) is 5.73 Å². The van der Waals surface area contributed by atoms with Gasteiger partial charge in [0, 0.05) is 5.02 Å². The van der Waals surface area contributed by atoms with Gasteiger partial charge >= 0.3 is 0 Å². The number of carbonyl (C=O) groups is 1. The minimum absolute atomic E-state index is 0.328. The molecule has 4 heteroatoms. The molecule has 0 spiro atoms. The average Bonchev–Trinajstić information content (AvgIpc) is 2.04. The molecule has 1 aromatic carbocycles. The SMILES string of the molecule is NC(=O)[C@H](Br)Cc1cccc(Cl)c1. The molecule has 2 N–H and O–H groups in total. The fourth-order valence-electron chi connectivity index (χ4n) is 0.971. The summed E-state index contributed by atoms with van der Waals surface area (Å²) in [6, 6.07) is 7.36. The maximum Gasteiger partial charge on any atom is 0.231 e. The third-order valence-corrected chi connectivity index (χ3v) is 2.62. The van der Waals surface area contributed by atoms with Crippen LogP contribution in [0.2, 0.25) is 5.02 Å². The van der Waals surface area contributed by atoms with Crippen LogP contribution >= 0.6 is 27.5 Å². The van der Waals surface area contributed by atoms with Gasteiger partial charge in [-0.1, -0.05) is 39.7 Å². The van der Waals surface area contributed by atoms with Crippen molar-refractivity contribution in [3.63, 3.8) is 0 Å². The summed E-state index contributed by atoms with van der Waals surface area (Å²) in [6.07, 6.45) is 0.565. The minimum Gasteiger partial charge on any atom is -0.369 e. The van der Waals surface area contributed by atoms with E-state index in [1.165, 1.54) is 0 Å². The number of halogens is 2.